The molecule has 2 heterocycles. The maximum atomic E-state index is 11.4. The molecule has 1 N–H and O–H groups in total. The van der Waals surface area contributed by atoms with Crippen LogP contribution in [0.5, 0.6) is 0 Å². The minimum absolute atomic E-state index is 0.233. The van der Waals surface area contributed by atoms with Gasteiger partial charge in [-0.2, -0.15) is 0 Å². The minimum atomic E-state index is -0.233. The van der Waals surface area contributed by atoms with Crippen LogP contribution in [0.1, 0.15) is 12.0 Å². The largest absolute Gasteiger partial charge is 0.447 e. The molecular formula is C12H14N2O2. The van der Waals surface area contributed by atoms with Crippen molar-refractivity contribution >= 4 is 17.5 Å². The molecule has 0 bridgehead atoms. The molecule has 84 valence electrons. The van der Waals surface area contributed by atoms with E-state index in [0.717, 1.165) is 25.1 Å². The molecule has 1 aromatic rings. The Kier molecular flexibility index (Phi) is 2.20. The summed E-state index contributed by atoms with van der Waals surface area (Å²) in [5, 5.41) is 3.36. The van der Waals surface area contributed by atoms with Gasteiger partial charge in [-0.3, -0.25) is 4.90 Å². The number of carbonyl (C=O) groups excluding carboxylic acids is 1. The Morgan fingerprint density at radius 2 is 2.31 bits per heavy atom. The smallest absolute Gasteiger partial charge is 0.414 e. The summed E-state index contributed by atoms with van der Waals surface area (Å²) in [5.41, 5.74) is 3.44. The minimum Gasteiger partial charge on any atom is -0.447 e. The molecule has 0 unspecified atom stereocenters. The number of cyclic esters (lactones) is 1. The van der Waals surface area contributed by atoms with Gasteiger partial charge in [0, 0.05) is 17.9 Å². The number of fused-ring (bicyclic) bond motifs is 1. The number of ether oxygens (including phenoxy) is 1. The Labute approximate surface area is 94.2 Å². The molecule has 4 nitrogen and oxygen atoms in total. The van der Waals surface area contributed by atoms with E-state index < -0.39 is 0 Å². The van der Waals surface area contributed by atoms with E-state index in [-0.39, 0.29) is 6.09 Å². The van der Waals surface area contributed by atoms with E-state index in [0.29, 0.717) is 13.2 Å². The van der Waals surface area contributed by atoms with Crippen LogP contribution in [0.15, 0.2) is 18.2 Å². The fourth-order valence-electron chi connectivity index (χ4n) is 2.26. The number of nitrogens with one attached hydrogen (secondary N) is 1. The molecule has 1 fully saturated rings. The number of amides is 1. The van der Waals surface area contributed by atoms with E-state index in [9.17, 15) is 4.79 Å². The number of anilines is 2. The molecule has 0 aromatic heterocycles. The van der Waals surface area contributed by atoms with E-state index in [1.54, 1.807) is 4.90 Å². The summed E-state index contributed by atoms with van der Waals surface area (Å²) < 4.78 is 4.94. The molecule has 1 amide bonds. The predicted molar refractivity (Wildman–Crippen MR) is 61.9 cm³/mol. The maximum Gasteiger partial charge on any atom is 0.414 e. The third-order valence-electron chi connectivity index (χ3n) is 3.10. The van der Waals surface area contributed by atoms with Gasteiger partial charge >= 0.3 is 6.09 Å². The molecule has 2 aliphatic heterocycles. The molecule has 1 aromatic carbocycles. The van der Waals surface area contributed by atoms with Crippen LogP contribution in [-0.4, -0.2) is 25.8 Å². The summed E-state index contributed by atoms with van der Waals surface area (Å²) in [5.74, 6) is 0. The zero-order chi connectivity index (χ0) is 11.0. The van der Waals surface area contributed by atoms with Gasteiger partial charge in [-0.25, -0.2) is 4.79 Å². The highest BCUT2D eigenvalue weighted by Crippen LogP contribution is 2.28. The highest BCUT2D eigenvalue weighted by molar-refractivity contribution is 5.89. The molecular weight excluding hydrogens is 204 g/mol. The summed E-state index contributed by atoms with van der Waals surface area (Å²) in [4.78, 5) is 13.1. The molecule has 0 aliphatic carbocycles. The van der Waals surface area contributed by atoms with E-state index in [1.807, 2.05) is 6.07 Å². The van der Waals surface area contributed by atoms with E-state index >= 15 is 0 Å². The van der Waals surface area contributed by atoms with Crippen molar-refractivity contribution in [3.63, 3.8) is 0 Å². The van der Waals surface area contributed by atoms with Crippen LogP contribution >= 0.6 is 0 Å². The normalized spacial score (nSPS) is 19.0. The lowest BCUT2D eigenvalue weighted by Gasteiger charge is -2.20. The van der Waals surface area contributed by atoms with E-state index in [4.69, 9.17) is 4.74 Å². The number of rotatable bonds is 1. The van der Waals surface area contributed by atoms with Crippen molar-refractivity contribution in [2.75, 3.05) is 29.9 Å². The molecule has 2 aliphatic rings. The third kappa shape index (κ3) is 1.50. The molecule has 3 rings (SSSR count). The zero-order valence-electron chi connectivity index (χ0n) is 9.03. The van der Waals surface area contributed by atoms with Crippen LogP contribution in [0.25, 0.3) is 0 Å². The fourth-order valence-corrected chi connectivity index (χ4v) is 2.26. The topological polar surface area (TPSA) is 41.6 Å². The summed E-state index contributed by atoms with van der Waals surface area (Å²) >= 11 is 0. The van der Waals surface area contributed by atoms with Crippen LogP contribution < -0.4 is 10.2 Å². The standard InChI is InChI=1S/C12H14N2O2/c15-12-14(6-7-16-12)10-3-4-11-9(8-10)2-1-5-13-11/h3-4,8,13H,1-2,5-7H2. The van der Waals surface area contributed by atoms with Gasteiger partial charge in [0.2, 0.25) is 0 Å². The number of carbonyl (C=O) groups is 1. The predicted octanol–water partition coefficient (Wildman–Crippen LogP) is 2.00. The van der Waals surface area contributed by atoms with Gasteiger partial charge in [0.05, 0.1) is 6.54 Å². The Bertz CT molecular complexity index is 431. The van der Waals surface area contributed by atoms with Gasteiger partial charge in [-0.15, -0.1) is 0 Å². The third-order valence-corrected chi connectivity index (χ3v) is 3.10. The van der Waals surface area contributed by atoms with Crippen molar-refractivity contribution in [1.29, 1.82) is 0 Å². The molecule has 4 heteroatoms. The average molecular weight is 218 g/mol. The lowest BCUT2D eigenvalue weighted by atomic mass is 10.0. The first-order valence-electron chi connectivity index (χ1n) is 5.66. The fraction of sp³-hybridized carbons (Fsp3) is 0.417. The van der Waals surface area contributed by atoms with Crippen molar-refractivity contribution in [3.05, 3.63) is 23.8 Å². The second-order valence-corrected chi connectivity index (χ2v) is 4.14. The Morgan fingerprint density at radius 1 is 1.38 bits per heavy atom. The lowest BCUT2D eigenvalue weighted by Crippen LogP contribution is -2.23. The number of aryl methyl sites for hydroxylation is 1. The van der Waals surface area contributed by atoms with Crippen molar-refractivity contribution in [2.45, 2.75) is 12.8 Å². The van der Waals surface area contributed by atoms with Crippen LogP contribution in [-0.2, 0) is 11.2 Å². The quantitative estimate of drug-likeness (QED) is 0.783. The highest BCUT2D eigenvalue weighted by Gasteiger charge is 2.24. The molecule has 16 heavy (non-hydrogen) atoms. The van der Waals surface area contributed by atoms with Gasteiger partial charge in [0.15, 0.2) is 0 Å². The van der Waals surface area contributed by atoms with Gasteiger partial charge in [0.25, 0.3) is 0 Å². The second kappa shape index (κ2) is 3.70. The average Bonchev–Trinajstić information content (AvgIpc) is 2.75. The number of hydrogen-bond acceptors (Lipinski definition) is 3. The van der Waals surface area contributed by atoms with Crippen molar-refractivity contribution in [1.82, 2.24) is 0 Å². The summed E-state index contributed by atoms with van der Waals surface area (Å²) in [6.07, 6.45) is 2.00. The molecule has 1 saturated heterocycles. The Balaban J connectivity index is 1.93. The van der Waals surface area contributed by atoms with Crippen molar-refractivity contribution < 1.29 is 9.53 Å². The summed E-state index contributed by atoms with van der Waals surface area (Å²) in [6.45, 7) is 2.19. The molecule has 0 radical (unpaired) electrons. The molecule has 0 spiro atoms. The first-order valence-corrected chi connectivity index (χ1v) is 5.66. The number of benzene rings is 1. The highest BCUT2D eigenvalue weighted by atomic mass is 16.6. The van der Waals surface area contributed by atoms with Gasteiger partial charge in [0.1, 0.15) is 6.61 Å². The van der Waals surface area contributed by atoms with Crippen LogP contribution in [0.3, 0.4) is 0 Å². The zero-order valence-corrected chi connectivity index (χ0v) is 9.03. The summed E-state index contributed by atoms with van der Waals surface area (Å²) in [6, 6.07) is 6.12. The van der Waals surface area contributed by atoms with Crippen LogP contribution in [0, 0.1) is 0 Å². The van der Waals surface area contributed by atoms with Gasteiger partial charge in [-0.05, 0) is 36.6 Å². The van der Waals surface area contributed by atoms with Crippen LogP contribution in [0.2, 0.25) is 0 Å². The SMILES string of the molecule is O=C1OCCN1c1ccc2c(c1)CCCN2. The first kappa shape index (κ1) is 9.51. The monoisotopic (exact) mass is 218 g/mol. The van der Waals surface area contributed by atoms with Crippen LogP contribution in [0.4, 0.5) is 16.2 Å². The Hall–Kier alpha value is -1.71. The first-order chi connectivity index (χ1) is 7.84. The van der Waals surface area contributed by atoms with Gasteiger partial charge in [-0.1, -0.05) is 0 Å². The van der Waals surface area contributed by atoms with Crippen molar-refractivity contribution in [2.24, 2.45) is 0 Å². The summed E-state index contributed by atoms with van der Waals surface area (Å²) in [7, 11) is 0. The lowest BCUT2D eigenvalue weighted by molar-refractivity contribution is 0.181. The van der Waals surface area contributed by atoms with Gasteiger partial charge < -0.3 is 10.1 Å². The van der Waals surface area contributed by atoms with E-state index in [1.165, 1.54) is 11.3 Å². The molecule has 0 saturated carbocycles. The number of nitrogens with zero attached hydrogens (tertiary/aromatic N) is 1. The number of hydrogen-bond donors (Lipinski definition) is 1. The maximum absolute atomic E-state index is 11.4. The van der Waals surface area contributed by atoms with E-state index in [2.05, 4.69) is 17.4 Å². The second-order valence-electron chi connectivity index (χ2n) is 4.14. The van der Waals surface area contributed by atoms with Crippen molar-refractivity contribution in [3.8, 4) is 0 Å². The Morgan fingerprint density at radius 3 is 3.12 bits per heavy atom. The molecule has 0 atom stereocenters.